The van der Waals surface area contributed by atoms with E-state index in [-0.39, 0.29) is 16.5 Å². The van der Waals surface area contributed by atoms with Gasteiger partial charge < -0.3 is 20.3 Å². The van der Waals surface area contributed by atoms with Crippen LogP contribution in [0.5, 0.6) is 0 Å². The topological polar surface area (TPSA) is 96.7 Å². The number of amides is 1. The minimum Gasteiger partial charge on any atom is -0.444 e. The van der Waals surface area contributed by atoms with E-state index in [0.29, 0.717) is 18.8 Å². The number of piperidine rings is 1. The van der Waals surface area contributed by atoms with Gasteiger partial charge in [0.25, 0.3) is 5.69 Å². The molecule has 2 N–H and O–H groups in total. The van der Waals surface area contributed by atoms with Crippen LogP contribution in [-0.2, 0) is 4.74 Å². The van der Waals surface area contributed by atoms with Crippen LogP contribution < -0.4 is 15.5 Å². The van der Waals surface area contributed by atoms with Crippen LogP contribution in [0.2, 0.25) is 0 Å². The molecule has 1 heterocycles. The van der Waals surface area contributed by atoms with Gasteiger partial charge >= 0.3 is 6.09 Å². The number of benzene rings is 2. The highest BCUT2D eigenvalue weighted by atomic mass is 16.6. The average Bonchev–Trinajstić information content (AvgIpc) is 2.73. The number of rotatable bonds is 6. The third-order valence-corrected chi connectivity index (χ3v) is 5.43. The Hall–Kier alpha value is -3.29. The summed E-state index contributed by atoms with van der Waals surface area (Å²) in [6, 6.07) is 13.1. The molecule has 0 radical (unpaired) electrons. The molecule has 1 amide bonds. The Labute approximate surface area is 189 Å². The highest BCUT2D eigenvalue weighted by Gasteiger charge is 2.29. The molecule has 1 saturated heterocycles. The lowest BCUT2D eigenvalue weighted by atomic mass is 9.96. The Balaban J connectivity index is 1.78. The molecular weight excluding hydrogens is 408 g/mol. The normalized spacial score (nSPS) is 16.4. The van der Waals surface area contributed by atoms with Gasteiger partial charge in [-0.1, -0.05) is 18.2 Å². The molecule has 1 aliphatic rings. The summed E-state index contributed by atoms with van der Waals surface area (Å²) in [5.41, 5.74) is 2.79. The fourth-order valence-electron chi connectivity index (χ4n) is 4.02. The van der Waals surface area contributed by atoms with Gasteiger partial charge in [0.2, 0.25) is 0 Å². The molecule has 1 fully saturated rings. The Kier molecular flexibility index (Phi) is 7.22. The van der Waals surface area contributed by atoms with Crippen molar-refractivity contribution < 1.29 is 14.5 Å². The van der Waals surface area contributed by atoms with Gasteiger partial charge in [-0.2, -0.15) is 0 Å². The lowest BCUT2D eigenvalue weighted by Gasteiger charge is -2.35. The number of nitrogens with zero attached hydrogens (tertiary/aromatic N) is 2. The first kappa shape index (κ1) is 23.4. The maximum atomic E-state index is 12.0. The van der Waals surface area contributed by atoms with Gasteiger partial charge in [0, 0.05) is 42.6 Å². The first-order valence-electron chi connectivity index (χ1n) is 11.0. The van der Waals surface area contributed by atoms with Crippen LogP contribution in [0.15, 0.2) is 42.5 Å². The second-order valence-corrected chi connectivity index (χ2v) is 9.19. The summed E-state index contributed by atoms with van der Waals surface area (Å²) in [5, 5.41) is 18.0. The van der Waals surface area contributed by atoms with E-state index in [1.165, 1.54) is 0 Å². The maximum absolute atomic E-state index is 12.0. The summed E-state index contributed by atoms with van der Waals surface area (Å²) < 4.78 is 5.32. The van der Waals surface area contributed by atoms with Gasteiger partial charge in [0.05, 0.1) is 4.92 Å². The van der Waals surface area contributed by atoms with E-state index in [2.05, 4.69) is 15.5 Å². The molecule has 8 nitrogen and oxygen atoms in total. The molecule has 0 bridgehead atoms. The summed E-state index contributed by atoms with van der Waals surface area (Å²) in [4.78, 5) is 25.6. The fourth-order valence-corrected chi connectivity index (χ4v) is 4.02. The van der Waals surface area contributed by atoms with Crippen molar-refractivity contribution >= 4 is 28.8 Å². The zero-order chi connectivity index (χ0) is 23.3. The Morgan fingerprint density at radius 3 is 2.59 bits per heavy atom. The maximum Gasteiger partial charge on any atom is 0.407 e. The Morgan fingerprint density at radius 1 is 1.22 bits per heavy atom. The lowest BCUT2D eigenvalue weighted by molar-refractivity contribution is -0.384. The van der Waals surface area contributed by atoms with Gasteiger partial charge in [-0.05, 0) is 64.7 Å². The minimum absolute atomic E-state index is 0.0989. The van der Waals surface area contributed by atoms with E-state index in [1.807, 2.05) is 58.0 Å². The number of alkyl carbamates (subject to hydrolysis) is 1. The quantitative estimate of drug-likeness (QED) is 0.462. The molecule has 0 saturated carbocycles. The highest BCUT2D eigenvalue weighted by Crippen LogP contribution is 2.39. The fraction of sp³-hybridized carbons (Fsp3) is 0.458. The van der Waals surface area contributed by atoms with Crippen LogP contribution in [0.4, 0.5) is 27.5 Å². The standard InChI is InChI=1S/C24H32N4O4/c1-17-20(26-19-10-6-5-7-11-19)12-13-21(28(30)31)22(17)27-14-8-9-18(16-27)15-25-23(29)32-24(2,3)4/h5-7,10-13,18,26H,8-9,14-16H2,1-4H3,(H,25,29)/t18-/m0/s1. The number of para-hydroxylation sites is 1. The first-order chi connectivity index (χ1) is 15.1. The van der Waals surface area contributed by atoms with Crippen molar-refractivity contribution in [2.45, 2.75) is 46.1 Å². The molecule has 3 rings (SSSR count). The molecule has 0 aromatic heterocycles. The van der Waals surface area contributed by atoms with Gasteiger partial charge in [0.15, 0.2) is 0 Å². The van der Waals surface area contributed by atoms with Crippen molar-refractivity contribution in [1.82, 2.24) is 5.32 Å². The number of nitro benzene ring substituents is 1. The molecule has 172 valence electrons. The molecule has 2 aromatic carbocycles. The molecular formula is C24H32N4O4. The molecule has 1 aliphatic heterocycles. The largest absolute Gasteiger partial charge is 0.444 e. The predicted molar refractivity (Wildman–Crippen MR) is 127 cm³/mol. The van der Waals surface area contributed by atoms with Crippen molar-refractivity contribution in [2.75, 3.05) is 29.9 Å². The van der Waals surface area contributed by atoms with E-state index in [9.17, 15) is 14.9 Å². The lowest BCUT2D eigenvalue weighted by Crippen LogP contribution is -2.42. The van der Waals surface area contributed by atoms with Gasteiger partial charge in [-0.25, -0.2) is 4.79 Å². The molecule has 2 aromatic rings. The van der Waals surface area contributed by atoms with E-state index in [1.54, 1.807) is 12.1 Å². The van der Waals surface area contributed by atoms with Crippen molar-refractivity contribution in [3.05, 3.63) is 58.1 Å². The second-order valence-electron chi connectivity index (χ2n) is 9.19. The second kappa shape index (κ2) is 9.89. The smallest absolute Gasteiger partial charge is 0.407 e. The van der Waals surface area contributed by atoms with Gasteiger partial charge in [-0.3, -0.25) is 10.1 Å². The number of carbonyl (C=O) groups excluding carboxylic acids is 1. The Morgan fingerprint density at radius 2 is 1.94 bits per heavy atom. The molecule has 8 heteroatoms. The number of hydrogen-bond acceptors (Lipinski definition) is 6. The average molecular weight is 441 g/mol. The summed E-state index contributed by atoms with van der Waals surface area (Å²) in [6.45, 7) is 9.23. The van der Waals surface area contributed by atoms with Crippen LogP contribution in [0, 0.1) is 23.0 Å². The summed E-state index contributed by atoms with van der Waals surface area (Å²) in [6.07, 6.45) is 1.40. The van der Waals surface area contributed by atoms with Crippen LogP contribution >= 0.6 is 0 Å². The number of hydrogen-bond donors (Lipinski definition) is 2. The zero-order valence-electron chi connectivity index (χ0n) is 19.2. The first-order valence-corrected chi connectivity index (χ1v) is 11.0. The SMILES string of the molecule is Cc1c(Nc2ccccc2)ccc([N+](=O)[O-])c1N1CCC[C@@H](CNC(=O)OC(C)(C)C)C1. The molecule has 0 unspecified atom stereocenters. The minimum atomic E-state index is -0.549. The van der Waals surface area contributed by atoms with Crippen LogP contribution in [0.1, 0.15) is 39.2 Å². The summed E-state index contributed by atoms with van der Waals surface area (Å²) in [7, 11) is 0. The highest BCUT2D eigenvalue weighted by molar-refractivity contribution is 5.78. The van der Waals surface area contributed by atoms with Crippen molar-refractivity contribution in [3.63, 3.8) is 0 Å². The van der Waals surface area contributed by atoms with Crippen LogP contribution in [0.25, 0.3) is 0 Å². The van der Waals surface area contributed by atoms with Gasteiger partial charge in [-0.15, -0.1) is 0 Å². The van der Waals surface area contributed by atoms with Crippen molar-refractivity contribution in [2.24, 2.45) is 5.92 Å². The van der Waals surface area contributed by atoms with E-state index >= 15 is 0 Å². The number of carbonyl (C=O) groups is 1. The molecule has 0 spiro atoms. The van der Waals surface area contributed by atoms with Crippen LogP contribution in [0.3, 0.4) is 0 Å². The summed E-state index contributed by atoms with van der Waals surface area (Å²) >= 11 is 0. The third-order valence-electron chi connectivity index (χ3n) is 5.43. The predicted octanol–water partition coefficient (Wildman–Crippen LogP) is 5.39. The molecule has 0 aliphatic carbocycles. The number of ether oxygens (including phenoxy) is 1. The van der Waals surface area contributed by atoms with Crippen molar-refractivity contribution in [3.8, 4) is 0 Å². The van der Waals surface area contributed by atoms with E-state index < -0.39 is 11.7 Å². The third kappa shape index (κ3) is 6.12. The summed E-state index contributed by atoms with van der Waals surface area (Å²) in [5.74, 6) is 0.181. The number of anilines is 3. The molecule has 1 atom stereocenters. The van der Waals surface area contributed by atoms with Crippen molar-refractivity contribution in [1.29, 1.82) is 0 Å². The zero-order valence-corrected chi connectivity index (χ0v) is 19.2. The van der Waals surface area contributed by atoms with Gasteiger partial charge in [0.1, 0.15) is 11.3 Å². The van der Waals surface area contributed by atoms with E-state index in [0.717, 1.165) is 36.3 Å². The van der Waals surface area contributed by atoms with Crippen LogP contribution in [-0.4, -0.2) is 36.3 Å². The number of nitrogens with one attached hydrogen (secondary N) is 2. The molecule has 32 heavy (non-hydrogen) atoms. The number of nitro groups is 1. The van der Waals surface area contributed by atoms with E-state index in [4.69, 9.17) is 4.74 Å². The Bertz CT molecular complexity index is 956. The monoisotopic (exact) mass is 440 g/mol.